The van der Waals surface area contributed by atoms with Crippen molar-refractivity contribution < 1.29 is 9.59 Å². The summed E-state index contributed by atoms with van der Waals surface area (Å²) in [5.41, 5.74) is 3.01. The first-order valence-electron chi connectivity index (χ1n) is 7.82. The largest absolute Gasteiger partial charge is 0.356 e. The average Bonchev–Trinajstić information content (AvgIpc) is 3.01. The second-order valence-electron chi connectivity index (χ2n) is 5.37. The van der Waals surface area contributed by atoms with Crippen molar-refractivity contribution in [2.75, 3.05) is 25.5 Å². The molecule has 0 atom stereocenters. The SMILES string of the molecule is CNCCC(=O)Nc1nc(-c2ccc(CCNC(C)=O)cc2)cs1.Cl. The Hall–Kier alpha value is -1.96. The fourth-order valence-corrected chi connectivity index (χ4v) is 2.84. The van der Waals surface area contributed by atoms with Crippen molar-refractivity contribution in [1.82, 2.24) is 15.6 Å². The Balaban J connectivity index is 0.00000312. The quantitative estimate of drug-likeness (QED) is 0.654. The van der Waals surface area contributed by atoms with E-state index in [4.69, 9.17) is 0 Å². The number of hydrogen-bond acceptors (Lipinski definition) is 5. The smallest absolute Gasteiger partial charge is 0.227 e. The molecule has 25 heavy (non-hydrogen) atoms. The van der Waals surface area contributed by atoms with Gasteiger partial charge in [-0.3, -0.25) is 9.59 Å². The number of carbonyl (C=O) groups excluding carboxylic acids is 2. The fraction of sp³-hybridized carbons (Fsp3) is 0.353. The van der Waals surface area contributed by atoms with Gasteiger partial charge in [0, 0.05) is 37.4 Å². The molecule has 1 aromatic heterocycles. The zero-order chi connectivity index (χ0) is 17.4. The van der Waals surface area contributed by atoms with Crippen LogP contribution in [0.25, 0.3) is 11.3 Å². The number of thiazole rings is 1. The Bertz CT molecular complexity index is 688. The number of nitrogens with zero attached hydrogens (tertiary/aromatic N) is 1. The number of anilines is 1. The lowest BCUT2D eigenvalue weighted by Crippen LogP contribution is -2.22. The molecule has 6 nitrogen and oxygen atoms in total. The molecule has 0 spiro atoms. The van der Waals surface area contributed by atoms with E-state index in [9.17, 15) is 9.59 Å². The van der Waals surface area contributed by atoms with Crippen LogP contribution in [0.4, 0.5) is 5.13 Å². The lowest BCUT2D eigenvalue weighted by Gasteiger charge is -2.04. The van der Waals surface area contributed by atoms with E-state index < -0.39 is 0 Å². The summed E-state index contributed by atoms with van der Waals surface area (Å²) >= 11 is 1.42. The van der Waals surface area contributed by atoms with Crippen molar-refractivity contribution in [3.63, 3.8) is 0 Å². The molecule has 3 N–H and O–H groups in total. The number of nitrogens with one attached hydrogen (secondary N) is 3. The molecule has 0 aliphatic carbocycles. The Kier molecular flexibility index (Phi) is 9.12. The lowest BCUT2D eigenvalue weighted by atomic mass is 10.1. The third-order valence-corrected chi connectivity index (χ3v) is 4.15. The second kappa shape index (κ2) is 10.8. The van der Waals surface area contributed by atoms with Crippen molar-refractivity contribution in [2.45, 2.75) is 19.8 Å². The summed E-state index contributed by atoms with van der Waals surface area (Å²) in [4.78, 5) is 27.0. The van der Waals surface area contributed by atoms with E-state index in [0.717, 1.165) is 23.2 Å². The molecule has 0 radical (unpaired) electrons. The monoisotopic (exact) mass is 382 g/mol. The molecule has 0 fully saturated rings. The van der Waals surface area contributed by atoms with Crippen LogP contribution in [0.3, 0.4) is 0 Å². The van der Waals surface area contributed by atoms with Crippen LogP contribution in [0, 0.1) is 0 Å². The van der Waals surface area contributed by atoms with Gasteiger partial charge in [-0.25, -0.2) is 4.98 Å². The number of amides is 2. The summed E-state index contributed by atoms with van der Waals surface area (Å²) in [6, 6.07) is 8.07. The van der Waals surface area contributed by atoms with Crippen molar-refractivity contribution in [3.8, 4) is 11.3 Å². The van der Waals surface area contributed by atoms with Crippen LogP contribution in [0.2, 0.25) is 0 Å². The highest BCUT2D eigenvalue weighted by atomic mass is 35.5. The number of aromatic nitrogens is 1. The van der Waals surface area contributed by atoms with E-state index in [1.54, 1.807) is 0 Å². The van der Waals surface area contributed by atoms with Gasteiger partial charge in [-0.15, -0.1) is 23.7 Å². The molecule has 2 amide bonds. The van der Waals surface area contributed by atoms with E-state index in [1.165, 1.54) is 18.3 Å². The van der Waals surface area contributed by atoms with Crippen molar-refractivity contribution in [3.05, 3.63) is 35.2 Å². The van der Waals surface area contributed by atoms with Gasteiger partial charge in [-0.1, -0.05) is 24.3 Å². The molecule has 0 unspecified atom stereocenters. The van der Waals surface area contributed by atoms with Gasteiger partial charge in [0.05, 0.1) is 5.69 Å². The topological polar surface area (TPSA) is 83.1 Å². The maximum Gasteiger partial charge on any atom is 0.227 e. The highest BCUT2D eigenvalue weighted by molar-refractivity contribution is 7.14. The first-order chi connectivity index (χ1) is 11.6. The number of rotatable bonds is 8. The van der Waals surface area contributed by atoms with E-state index in [0.29, 0.717) is 24.6 Å². The van der Waals surface area contributed by atoms with Gasteiger partial charge in [0.15, 0.2) is 5.13 Å². The summed E-state index contributed by atoms with van der Waals surface area (Å²) in [5, 5.41) is 11.1. The van der Waals surface area contributed by atoms with Crippen molar-refractivity contribution in [1.29, 1.82) is 0 Å². The third kappa shape index (κ3) is 7.21. The number of carbonyl (C=O) groups is 2. The van der Waals surface area contributed by atoms with Crippen molar-refractivity contribution >= 4 is 40.7 Å². The summed E-state index contributed by atoms with van der Waals surface area (Å²) < 4.78 is 0. The molecule has 1 aromatic carbocycles. The Labute approximate surface area is 157 Å². The first-order valence-corrected chi connectivity index (χ1v) is 8.70. The first kappa shape index (κ1) is 21.1. The predicted molar refractivity (Wildman–Crippen MR) is 104 cm³/mol. The van der Waals surface area contributed by atoms with Gasteiger partial charge in [0.1, 0.15) is 0 Å². The van der Waals surface area contributed by atoms with Crippen LogP contribution in [0.1, 0.15) is 18.9 Å². The third-order valence-electron chi connectivity index (χ3n) is 3.39. The molecular weight excluding hydrogens is 360 g/mol. The molecule has 8 heteroatoms. The second-order valence-corrected chi connectivity index (χ2v) is 6.23. The highest BCUT2D eigenvalue weighted by Crippen LogP contribution is 2.25. The maximum atomic E-state index is 11.7. The summed E-state index contributed by atoms with van der Waals surface area (Å²) in [5.74, 6) is -0.0584. The van der Waals surface area contributed by atoms with Crippen LogP contribution in [0.5, 0.6) is 0 Å². The predicted octanol–water partition coefficient (Wildman–Crippen LogP) is 2.46. The van der Waals surface area contributed by atoms with Gasteiger partial charge < -0.3 is 16.0 Å². The molecule has 2 aromatic rings. The molecule has 2 rings (SSSR count). The molecule has 136 valence electrons. The Morgan fingerprint density at radius 1 is 1.16 bits per heavy atom. The van der Waals surface area contributed by atoms with Gasteiger partial charge >= 0.3 is 0 Å². The molecule has 0 saturated heterocycles. The summed E-state index contributed by atoms with van der Waals surface area (Å²) in [7, 11) is 1.81. The molecular formula is C17H23ClN4O2S. The maximum absolute atomic E-state index is 11.7. The molecule has 0 aliphatic rings. The highest BCUT2D eigenvalue weighted by Gasteiger charge is 2.08. The van der Waals surface area contributed by atoms with E-state index in [2.05, 4.69) is 20.9 Å². The van der Waals surface area contributed by atoms with Crippen LogP contribution in [0.15, 0.2) is 29.6 Å². The zero-order valence-electron chi connectivity index (χ0n) is 14.3. The number of benzene rings is 1. The molecule has 0 aliphatic heterocycles. The standard InChI is InChI=1S/C17H22N4O2S.ClH/c1-12(22)19-10-7-13-3-5-14(6-4-13)15-11-24-17(20-15)21-16(23)8-9-18-2;/h3-6,11,18H,7-10H2,1-2H3,(H,19,22)(H,20,21,23);1H. The van der Waals surface area contributed by atoms with E-state index in [-0.39, 0.29) is 24.2 Å². The van der Waals surface area contributed by atoms with Gasteiger partial charge in [-0.2, -0.15) is 0 Å². The van der Waals surface area contributed by atoms with Crippen molar-refractivity contribution in [2.24, 2.45) is 0 Å². The van der Waals surface area contributed by atoms with Gasteiger partial charge in [-0.05, 0) is 19.0 Å². The van der Waals surface area contributed by atoms with Crippen LogP contribution in [-0.4, -0.2) is 36.9 Å². The summed E-state index contributed by atoms with van der Waals surface area (Å²) in [6.07, 6.45) is 1.22. The van der Waals surface area contributed by atoms with E-state index >= 15 is 0 Å². The minimum atomic E-state index is -0.0430. The Morgan fingerprint density at radius 3 is 2.52 bits per heavy atom. The minimum Gasteiger partial charge on any atom is -0.356 e. The fourth-order valence-electron chi connectivity index (χ4n) is 2.11. The normalized spacial score (nSPS) is 10.0. The lowest BCUT2D eigenvalue weighted by molar-refractivity contribution is -0.119. The van der Waals surface area contributed by atoms with E-state index in [1.807, 2.05) is 36.7 Å². The number of hydrogen-bond donors (Lipinski definition) is 3. The van der Waals surface area contributed by atoms with Gasteiger partial charge in [0.25, 0.3) is 0 Å². The van der Waals surface area contributed by atoms with Crippen LogP contribution in [-0.2, 0) is 16.0 Å². The minimum absolute atomic E-state index is 0. The molecule has 0 bridgehead atoms. The molecule has 0 saturated carbocycles. The van der Waals surface area contributed by atoms with Crippen LogP contribution < -0.4 is 16.0 Å². The van der Waals surface area contributed by atoms with Crippen LogP contribution >= 0.6 is 23.7 Å². The molecule has 1 heterocycles. The average molecular weight is 383 g/mol. The van der Waals surface area contributed by atoms with Gasteiger partial charge in [0.2, 0.25) is 11.8 Å². The zero-order valence-corrected chi connectivity index (χ0v) is 15.9. The number of halogens is 1. The summed E-state index contributed by atoms with van der Waals surface area (Å²) in [6.45, 7) is 2.79. The Morgan fingerprint density at radius 2 is 1.88 bits per heavy atom.